The monoisotopic (exact) mass is 247 g/mol. The van der Waals surface area contributed by atoms with Crippen molar-refractivity contribution >= 4 is 6.09 Å². The molecule has 0 rings (SSSR count). The summed E-state index contributed by atoms with van der Waals surface area (Å²) in [5.41, 5.74) is 0. The summed E-state index contributed by atoms with van der Waals surface area (Å²) in [7, 11) is 0. The second-order valence-electron chi connectivity index (χ2n) is 3.64. The quantitative estimate of drug-likeness (QED) is 0.567. The van der Waals surface area contributed by atoms with Gasteiger partial charge in [0.25, 0.3) is 0 Å². The Hall–Kier alpha value is -0.810. The summed E-state index contributed by atoms with van der Waals surface area (Å²) in [5.74, 6) is 0. The molecule has 0 radical (unpaired) electrons. The fraction of sp³-hybridized carbons (Fsp3) is 0.917. The zero-order valence-electron chi connectivity index (χ0n) is 11.0. The standard InChI is InChI=1S/C12H25NO4/c1-3-5-8-15-10-11-16-9-6-13-12(14)17-7-4-2/h3-11H2,1-2H3,(H,13,14). The summed E-state index contributed by atoms with van der Waals surface area (Å²) in [4.78, 5) is 11.0. The predicted octanol–water partition coefficient (Wildman–Crippen LogP) is 1.96. The first kappa shape index (κ1) is 16.2. The zero-order valence-corrected chi connectivity index (χ0v) is 11.0. The molecule has 0 atom stereocenters. The molecule has 0 aromatic rings. The van der Waals surface area contributed by atoms with Crippen molar-refractivity contribution in [3.63, 3.8) is 0 Å². The third-order valence-corrected chi connectivity index (χ3v) is 1.97. The summed E-state index contributed by atoms with van der Waals surface area (Å²) in [6.07, 6.45) is 2.68. The molecule has 0 aliphatic rings. The Morgan fingerprint density at radius 3 is 2.29 bits per heavy atom. The van der Waals surface area contributed by atoms with E-state index < -0.39 is 0 Å². The lowest BCUT2D eigenvalue weighted by molar-refractivity contribution is 0.0473. The van der Waals surface area contributed by atoms with Gasteiger partial charge in [-0.3, -0.25) is 0 Å². The molecule has 0 aromatic carbocycles. The number of unbranched alkanes of at least 4 members (excludes halogenated alkanes) is 1. The Morgan fingerprint density at radius 1 is 0.941 bits per heavy atom. The van der Waals surface area contributed by atoms with Gasteiger partial charge in [0, 0.05) is 13.2 Å². The number of carbonyl (C=O) groups excluding carboxylic acids is 1. The van der Waals surface area contributed by atoms with Gasteiger partial charge in [0.1, 0.15) is 0 Å². The van der Waals surface area contributed by atoms with E-state index in [-0.39, 0.29) is 6.09 Å². The Balaban J connectivity index is 3.05. The molecule has 5 nitrogen and oxygen atoms in total. The molecular formula is C12H25NO4. The van der Waals surface area contributed by atoms with Gasteiger partial charge in [-0.1, -0.05) is 20.3 Å². The molecule has 1 N–H and O–H groups in total. The first-order valence-electron chi connectivity index (χ1n) is 6.37. The van der Waals surface area contributed by atoms with Gasteiger partial charge in [0.2, 0.25) is 0 Å². The van der Waals surface area contributed by atoms with Crippen LogP contribution in [-0.4, -0.2) is 45.7 Å². The first-order chi connectivity index (χ1) is 8.31. The Morgan fingerprint density at radius 2 is 1.65 bits per heavy atom. The van der Waals surface area contributed by atoms with Gasteiger partial charge in [-0.15, -0.1) is 0 Å². The lowest BCUT2D eigenvalue weighted by Crippen LogP contribution is -2.28. The van der Waals surface area contributed by atoms with E-state index in [1.165, 1.54) is 0 Å². The minimum absolute atomic E-state index is 0.380. The van der Waals surface area contributed by atoms with Crippen molar-refractivity contribution in [2.45, 2.75) is 33.1 Å². The number of hydrogen-bond donors (Lipinski definition) is 1. The third-order valence-electron chi connectivity index (χ3n) is 1.97. The average molecular weight is 247 g/mol. The van der Waals surface area contributed by atoms with Crippen LogP contribution in [0, 0.1) is 0 Å². The fourth-order valence-corrected chi connectivity index (χ4v) is 1.04. The molecule has 0 bridgehead atoms. The second-order valence-corrected chi connectivity index (χ2v) is 3.64. The maximum Gasteiger partial charge on any atom is 0.407 e. The van der Waals surface area contributed by atoms with E-state index >= 15 is 0 Å². The van der Waals surface area contributed by atoms with Gasteiger partial charge in [-0.05, 0) is 12.8 Å². The summed E-state index contributed by atoms with van der Waals surface area (Å²) in [5, 5.41) is 2.60. The Kier molecular flexibility index (Phi) is 12.6. The second kappa shape index (κ2) is 13.3. The summed E-state index contributed by atoms with van der Waals surface area (Å²) in [6, 6.07) is 0. The molecule has 0 aromatic heterocycles. The van der Waals surface area contributed by atoms with Crippen LogP contribution in [0.15, 0.2) is 0 Å². The largest absolute Gasteiger partial charge is 0.450 e. The van der Waals surface area contributed by atoms with Crippen LogP contribution >= 0.6 is 0 Å². The van der Waals surface area contributed by atoms with E-state index in [1.807, 2.05) is 6.92 Å². The number of ether oxygens (including phenoxy) is 3. The van der Waals surface area contributed by atoms with Crippen LogP contribution in [0.4, 0.5) is 4.79 Å². The minimum atomic E-state index is -0.380. The number of nitrogens with one attached hydrogen (secondary N) is 1. The summed E-state index contributed by atoms with van der Waals surface area (Å²) >= 11 is 0. The number of carbonyl (C=O) groups is 1. The average Bonchev–Trinajstić information content (AvgIpc) is 2.34. The molecular weight excluding hydrogens is 222 g/mol. The molecule has 102 valence electrons. The maximum absolute atomic E-state index is 11.0. The van der Waals surface area contributed by atoms with Crippen LogP contribution < -0.4 is 5.32 Å². The highest BCUT2D eigenvalue weighted by Gasteiger charge is 1.98. The van der Waals surface area contributed by atoms with Crippen LogP contribution in [0.2, 0.25) is 0 Å². The van der Waals surface area contributed by atoms with Gasteiger partial charge in [0.15, 0.2) is 0 Å². The van der Waals surface area contributed by atoms with E-state index in [2.05, 4.69) is 12.2 Å². The van der Waals surface area contributed by atoms with Crippen LogP contribution in [0.5, 0.6) is 0 Å². The summed E-state index contributed by atoms with van der Waals surface area (Å²) in [6.45, 7) is 7.46. The van der Waals surface area contributed by atoms with Crippen molar-refractivity contribution < 1.29 is 19.0 Å². The van der Waals surface area contributed by atoms with Crippen LogP contribution in [0.25, 0.3) is 0 Å². The fourth-order valence-electron chi connectivity index (χ4n) is 1.04. The molecule has 0 unspecified atom stereocenters. The number of rotatable bonds is 11. The third kappa shape index (κ3) is 13.1. The van der Waals surface area contributed by atoms with E-state index in [9.17, 15) is 4.79 Å². The highest BCUT2D eigenvalue weighted by molar-refractivity contribution is 5.66. The van der Waals surface area contributed by atoms with Gasteiger partial charge in [-0.25, -0.2) is 4.79 Å². The van der Waals surface area contributed by atoms with Crippen LogP contribution in [-0.2, 0) is 14.2 Å². The predicted molar refractivity (Wildman–Crippen MR) is 66.2 cm³/mol. The molecule has 0 aliphatic carbocycles. The van der Waals surface area contributed by atoms with E-state index in [0.29, 0.717) is 33.0 Å². The molecule has 0 heterocycles. The molecule has 0 fully saturated rings. The van der Waals surface area contributed by atoms with Gasteiger partial charge >= 0.3 is 6.09 Å². The molecule has 0 saturated carbocycles. The topological polar surface area (TPSA) is 56.8 Å². The van der Waals surface area contributed by atoms with E-state index in [4.69, 9.17) is 14.2 Å². The number of hydrogen-bond acceptors (Lipinski definition) is 4. The van der Waals surface area contributed by atoms with Crippen LogP contribution in [0.1, 0.15) is 33.1 Å². The van der Waals surface area contributed by atoms with Crippen molar-refractivity contribution in [3.8, 4) is 0 Å². The van der Waals surface area contributed by atoms with Crippen molar-refractivity contribution in [1.29, 1.82) is 0 Å². The number of amides is 1. The van der Waals surface area contributed by atoms with E-state index in [1.54, 1.807) is 0 Å². The first-order valence-corrected chi connectivity index (χ1v) is 6.37. The Bertz CT molecular complexity index is 176. The van der Waals surface area contributed by atoms with Crippen molar-refractivity contribution in [3.05, 3.63) is 0 Å². The molecule has 5 heteroatoms. The van der Waals surface area contributed by atoms with Gasteiger partial charge < -0.3 is 19.5 Å². The zero-order chi connectivity index (χ0) is 12.8. The minimum Gasteiger partial charge on any atom is -0.450 e. The molecule has 1 amide bonds. The van der Waals surface area contributed by atoms with Crippen molar-refractivity contribution in [1.82, 2.24) is 5.32 Å². The maximum atomic E-state index is 11.0. The normalized spacial score (nSPS) is 10.2. The highest BCUT2D eigenvalue weighted by atomic mass is 16.5. The van der Waals surface area contributed by atoms with Crippen molar-refractivity contribution in [2.24, 2.45) is 0 Å². The molecule has 17 heavy (non-hydrogen) atoms. The van der Waals surface area contributed by atoms with E-state index in [0.717, 1.165) is 25.9 Å². The lowest BCUT2D eigenvalue weighted by Gasteiger charge is -2.07. The SMILES string of the molecule is CCCCOCCOCCNC(=O)OCCC. The van der Waals surface area contributed by atoms with Crippen molar-refractivity contribution in [2.75, 3.05) is 39.6 Å². The smallest absolute Gasteiger partial charge is 0.407 e. The number of alkyl carbamates (subject to hydrolysis) is 1. The van der Waals surface area contributed by atoms with Gasteiger partial charge in [-0.2, -0.15) is 0 Å². The molecule has 0 saturated heterocycles. The Labute approximate surface area is 104 Å². The van der Waals surface area contributed by atoms with Crippen LogP contribution in [0.3, 0.4) is 0 Å². The summed E-state index contributed by atoms with van der Waals surface area (Å²) < 4.78 is 15.4. The lowest BCUT2D eigenvalue weighted by atomic mass is 10.4. The highest BCUT2D eigenvalue weighted by Crippen LogP contribution is 1.87. The van der Waals surface area contributed by atoms with Gasteiger partial charge in [0.05, 0.1) is 26.4 Å². The molecule has 0 aliphatic heterocycles. The molecule has 0 spiro atoms.